The van der Waals surface area contributed by atoms with E-state index in [1.165, 1.54) is 18.9 Å². The highest BCUT2D eigenvalue weighted by molar-refractivity contribution is 5.28. The summed E-state index contributed by atoms with van der Waals surface area (Å²) in [6.07, 6.45) is 4.40. The normalized spacial score (nSPS) is 21.5. The van der Waals surface area contributed by atoms with Crippen LogP contribution in [-0.4, -0.2) is 17.7 Å². The Morgan fingerprint density at radius 2 is 2.20 bits per heavy atom. The SMILES string of the molecule is Oc1cc(F)cc(CC2CCCCN2)c1. The van der Waals surface area contributed by atoms with Crippen LogP contribution in [0.1, 0.15) is 24.8 Å². The molecule has 1 saturated heterocycles. The summed E-state index contributed by atoms with van der Waals surface area (Å²) in [4.78, 5) is 0. The lowest BCUT2D eigenvalue weighted by Crippen LogP contribution is -2.35. The van der Waals surface area contributed by atoms with Gasteiger partial charge in [-0.1, -0.05) is 6.42 Å². The molecule has 0 radical (unpaired) electrons. The molecule has 0 spiro atoms. The fourth-order valence-electron chi connectivity index (χ4n) is 2.13. The summed E-state index contributed by atoms with van der Waals surface area (Å²) in [5.74, 6) is -0.346. The van der Waals surface area contributed by atoms with Gasteiger partial charge in [-0.2, -0.15) is 0 Å². The second kappa shape index (κ2) is 4.62. The van der Waals surface area contributed by atoms with Crippen molar-refractivity contribution >= 4 is 0 Å². The predicted molar refractivity (Wildman–Crippen MR) is 57.4 cm³/mol. The smallest absolute Gasteiger partial charge is 0.127 e. The highest BCUT2D eigenvalue weighted by atomic mass is 19.1. The molecule has 1 atom stereocenters. The molecule has 1 fully saturated rings. The van der Waals surface area contributed by atoms with Gasteiger partial charge in [-0.3, -0.25) is 0 Å². The van der Waals surface area contributed by atoms with Gasteiger partial charge in [0.2, 0.25) is 0 Å². The van der Waals surface area contributed by atoms with Crippen LogP contribution in [0.4, 0.5) is 4.39 Å². The van der Waals surface area contributed by atoms with E-state index in [2.05, 4.69) is 5.32 Å². The van der Waals surface area contributed by atoms with Gasteiger partial charge < -0.3 is 10.4 Å². The highest BCUT2D eigenvalue weighted by Gasteiger charge is 2.13. The molecule has 1 aromatic carbocycles. The molecule has 2 rings (SSSR count). The number of aromatic hydroxyl groups is 1. The second-order valence-electron chi connectivity index (χ2n) is 4.17. The van der Waals surface area contributed by atoms with Gasteiger partial charge in [-0.05, 0) is 43.5 Å². The van der Waals surface area contributed by atoms with E-state index in [9.17, 15) is 9.50 Å². The van der Waals surface area contributed by atoms with E-state index < -0.39 is 0 Å². The molecular weight excluding hydrogens is 193 g/mol. The van der Waals surface area contributed by atoms with Gasteiger partial charge in [0.05, 0.1) is 0 Å². The molecular formula is C12H16FNO. The van der Waals surface area contributed by atoms with Gasteiger partial charge in [0.25, 0.3) is 0 Å². The van der Waals surface area contributed by atoms with E-state index in [1.54, 1.807) is 6.07 Å². The highest BCUT2D eigenvalue weighted by Crippen LogP contribution is 2.18. The van der Waals surface area contributed by atoms with Crippen molar-refractivity contribution < 1.29 is 9.50 Å². The van der Waals surface area contributed by atoms with Crippen molar-refractivity contribution in [2.45, 2.75) is 31.7 Å². The Kier molecular flexibility index (Phi) is 3.21. The predicted octanol–water partition coefficient (Wildman–Crippen LogP) is 2.22. The summed E-state index contributed by atoms with van der Waals surface area (Å²) in [6.45, 7) is 1.05. The van der Waals surface area contributed by atoms with E-state index >= 15 is 0 Å². The molecule has 1 heterocycles. The lowest BCUT2D eigenvalue weighted by Gasteiger charge is -2.23. The monoisotopic (exact) mass is 209 g/mol. The molecule has 15 heavy (non-hydrogen) atoms. The third-order valence-corrected chi connectivity index (χ3v) is 2.84. The number of hydrogen-bond acceptors (Lipinski definition) is 2. The third-order valence-electron chi connectivity index (χ3n) is 2.84. The number of phenolic OH excluding ortho intramolecular Hbond substituents is 1. The van der Waals surface area contributed by atoms with Crippen molar-refractivity contribution in [2.75, 3.05) is 6.54 Å². The summed E-state index contributed by atoms with van der Waals surface area (Å²) in [5, 5.41) is 12.7. The summed E-state index contributed by atoms with van der Waals surface area (Å²) < 4.78 is 13.0. The Labute approximate surface area is 89.1 Å². The molecule has 82 valence electrons. The van der Waals surface area contributed by atoms with Crippen molar-refractivity contribution in [1.82, 2.24) is 5.32 Å². The van der Waals surface area contributed by atoms with Crippen molar-refractivity contribution in [3.63, 3.8) is 0 Å². The van der Waals surface area contributed by atoms with Gasteiger partial charge in [0, 0.05) is 12.1 Å². The minimum absolute atomic E-state index is 0.0146. The molecule has 2 nitrogen and oxygen atoms in total. The average Bonchev–Trinajstić information content (AvgIpc) is 2.17. The Hall–Kier alpha value is -1.09. The van der Waals surface area contributed by atoms with Crippen LogP contribution in [0.5, 0.6) is 5.75 Å². The first-order valence-corrected chi connectivity index (χ1v) is 5.46. The summed E-state index contributed by atoms with van der Waals surface area (Å²) in [5.41, 5.74) is 0.868. The number of hydrogen-bond donors (Lipinski definition) is 2. The number of rotatable bonds is 2. The molecule has 0 aromatic heterocycles. The van der Waals surface area contributed by atoms with Gasteiger partial charge in [0.15, 0.2) is 0 Å². The first-order valence-electron chi connectivity index (χ1n) is 5.46. The zero-order valence-corrected chi connectivity index (χ0v) is 8.67. The Morgan fingerprint density at radius 3 is 2.87 bits per heavy atom. The zero-order chi connectivity index (χ0) is 10.7. The fourth-order valence-corrected chi connectivity index (χ4v) is 2.13. The molecule has 3 heteroatoms. The summed E-state index contributed by atoms with van der Waals surface area (Å²) in [6, 6.07) is 4.70. The van der Waals surface area contributed by atoms with E-state index in [-0.39, 0.29) is 11.6 Å². The number of halogens is 1. The molecule has 0 amide bonds. The molecule has 2 N–H and O–H groups in total. The van der Waals surface area contributed by atoms with E-state index in [0.29, 0.717) is 6.04 Å². The van der Waals surface area contributed by atoms with E-state index in [4.69, 9.17) is 0 Å². The first-order chi connectivity index (χ1) is 7.24. The maximum absolute atomic E-state index is 13.0. The van der Waals surface area contributed by atoms with Crippen LogP contribution in [0.3, 0.4) is 0 Å². The number of phenols is 1. The Bertz CT molecular complexity index is 314. The lowest BCUT2D eigenvalue weighted by molar-refractivity contribution is 0.398. The van der Waals surface area contributed by atoms with Crippen LogP contribution in [-0.2, 0) is 6.42 Å². The largest absolute Gasteiger partial charge is 0.508 e. The summed E-state index contributed by atoms with van der Waals surface area (Å²) in [7, 11) is 0. The summed E-state index contributed by atoms with van der Waals surface area (Å²) >= 11 is 0. The van der Waals surface area contributed by atoms with Crippen molar-refractivity contribution in [3.05, 3.63) is 29.6 Å². The molecule has 1 aromatic rings. The van der Waals surface area contributed by atoms with Crippen LogP contribution in [0.15, 0.2) is 18.2 Å². The van der Waals surface area contributed by atoms with Crippen molar-refractivity contribution in [2.24, 2.45) is 0 Å². The maximum atomic E-state index is 13.0. The van der Waals surface area contributed by atoms with Crippen LogP contribution in [0, 0.1) is 5.82 Å². The zero-order valence-electron chi connectivity index (χ0n) is 8.67. The van der Waals surface area contributed by atoms with Crippen LogP contribution < -0.4 is 5.32 Å². The van der Waals surface area contributed by atoms with Crippen LogP contribution >= 0.6 is 0 Å². The minimum atomic E-state index is -0.360. The maximum Gasteiger partial charge on any atom is 0.127 e. The second-order valence-corrected chi connectivity index (χ2v) is 4.17. The average molecular weight is 209 g/mol. The topological polar surface area (TPSA) is 32.3 Å². The third kappa shape index (κ3) is 2.93. The van der Waals surface area contributed by atoms with Crippen molar-refractivity contribution in [1.29, 1.82) is 0 Å². The van der Waals surface area contributed by atoms with Crippen LogP contribution in [0.25, 0.3) is 0 Å². The molecule has 0 bridgehead atoms. The standard InChI is InChI=1S/C12H16FNO/c13-10-5-9(7-12(15)8-10)6-11-3-1-2-4-14-11/h5,7-8,11,14-15H,1-4,6H2. The Balaban J connectivity index is 2.02. The molecule has 1 aliphatic heterocycles. The molecule has 0 saturated carbocycles. The Morgan fingerprint density at radius 1 is 1.33 bits per heavy atom. The van der Waals surface area contributed by atoms with E-state index in [0.717, 1.165) is 31.0 Å². The molecule has 0 aliphatic carbocycles. The molecule has 1 unspecified atom stereocenters. The number of piperidine rings is 1. The molecule has 1 aliphatic rings. The fraction of sp³-hybridized carbons (Fsp3) is 0.500. The number of benzene rings is 1. The minimum Gasteiger partial charge on any atom is -0.508 e. The quantitative estimate of drug-likeness (QED) is 0.782. The van der Waals surface area contributed by atoms with Crippen molar-refractivity contribution in [3.8, 4) is 5.75 Å². The number of nitrogens with one attached hydrogen (secondary N) is 1. The lowest BCUT2D eigenvalue weighted by atomic mass is 9.98. The van der Waals surface area contributed by atoms with Gasteiger partial charge in [-0.25, -0.2) is 4.39 Å². The van der Waals surface area contributed by atoms with Gasteiger partial charge in [-0.15, -0.1) is 0 Å². The van der Waals surface area contributed by atoms with Crippen LogP contribution in [0.2, 0.25) is 0 Å². The van der Waals surface area contributed by atoms with Gasteiger partial charge >= 0.3 is 0 Å². The van der Waals surface area contributed by atoms with Gasteiger partial charge in [0.1, 0.15) is 11.6 Å². The first kappa shape index (κ1) is 10.4. The van der Waals surface area contributed by atoms with E-state index in [1.807, 2.05) is 0 Å².